The number of rotatable bonds is 3. The number of hydrogen-bond donors (Lipinski definition) is 1. The third-order valence-electron chi connectivity index (χ3n) is 4.06. The van der Waals surface area contributed by atoms with Gasteiger partial charge in [-0.2, -0.15) is 0 Å². The second kappa shape index (κ2) is 6.13. The second-order valence-electron chi connectivity index (χ2n) is 5.84. The fourth-order valence-electron chi connectivity index (χ4n) is 2.94. The predicted octanol–water partition coefficient (Wildman–Crippen LogP) is 4.15. The molecule has 0 bridgehead atoms. The fourth-order valence-corrected chi connectivity index (χ4v) is 3.53. The Morgan fingerprint density at radius 1 is 1.32 bits per heavy atom. The molecule has 1 aliphatic rings. The van der Waals surface area contributed by atoms with Crippen LogP contribution in [-0.4, -0.2) is 18.5 Å². The first-order valence-electron chi connectivity index (χ1n) is 7.45. The van der Waals surface area contributed by atoms with Crippen molar-refractivity contribution in [2.45, 2.75) is 26.3 Å². The van der Waals surface area contributed by atoms with Gasteiger partial charge in [0, 0.05) is 16.2 Å². The van der Waals surface area contributed by atoms with Crippen molar-refractivity contribution >= 4 is 33.2 Å². The Balaban J connectivity index is 1.72. The highest BCUT2D eigenvalue weighted by atomic mass is 79.9. The molecule has 1 N–H and O–H groups in total. The lowest BCUT2D eigenvalue weighted by Crippen LogP contribution is -2.37. The molecule has 1 atom stereocenters. The molecule has 4 heteroatoms. The Kier molecular flexibility index (Phi) is 4.21. The number of amides is 1. The summed E-state index contributed by atoms with van der Waals surface area (Å²) in [4.78, 5) is 14.6. The van der Waals surface area contributed by atoms with Crippen molar-refractivity contribution in [3.05, 3.63) is 58.1 Å². The number of nitrogens with zero attached hydrogens (tertiary/aromatic N) is 1. The normalized spacial score (nSPS) is 16.5. The topological polar surface area (TPSA) is 32.3 Å². The second-order valence-corrected chi connectivity index (χ2v) is 6.70. The van der Waals surface area contributed by atoms with Crippen LogP contribution in [0.4, 0.5) is 11.4 Å². The lowest BCUT2D eigenvalue weighted by atomic mass is 10.1. The van der Waals surface area contributed by atoms with Crippen LogP contribution >= 0.6 is 15.9 Å². The Morgan fingerprint density at radius 2 is 2.09 bits per heavy atom. The van der Waals surface area contributed by atoms with Gasteiger partial charge in [0.05, 0.1) is 12.2 Å². The van der Waals surface area contributed by atoms with Crippen LogP contribution in [-0.2, 0) is 11.2 Å². The fraction of sp³-hybridized carbons (Fsp3) is 0.278. The van der Waals surface area contributed by atoms with Gasteiger partial charge in [0.2, 0.25) is 5.91 Å². The van der Waals surface area contributed by atoms with E-state index in [1.54, 1.807) is 0 Å². The molecule has 22 heavy (non-hydrogen) atoms. The lowest BCUT2D eigenvalue weighted by molar-refractivity contribution is -0.115. The van der Waals surface area contributed by atoms with E-state index in [9.17, 15) is 4.79 Å². The number of carbonyl (C=O) groups excluding carboxylic acids is 1. The number of fused-ring (bicyclic) bond motifs is 1. The van der Waals surface area contributed by atoms with Gasteiger partial charge in [-0.15, -0.1) is 0 Å². The SMILES string of the molecule is Cc1ccc(NC(=O)CN2c3ccccc3C[C@H]2C)c(Br)c1. The number of hydrogen-bond acceptors (Lipinski definition) is 2. The van der Waals surface area contributed by atoms with Gasteiger partial charge < -0.3 is 10.2 Å². The van der Waals surface area contributed by atoms with Crippen LogP contribution in [0.25, 0.3) is 0 Å². The first-order valence-corrected chi connectivity index (χ1v) is 8.24. The molecule has 0 radical (unpaired) electrons. The monoisotopic (exact) mass is 358 g/mol. The van der Waals surface area contributed by atoms with Crippen LogP contribution in [0.2, 0.25) is 0 Å². The lowest BCUT2D eigenvalue weighted by Gasteiger charge is -2.24. The molecule has 1 aliphatic heterocycles. The maximum Gasteiger partial charge on any atom is 0.243 e. The Hall–Kier alpha value is -1.81. The third kappa shape index (κ3) is 3.02. The van der Waals surface area contributed by atoms with E-state index in [1.807, 2.05) is 31.2 Å². The minimum atomic E-state index is 0.00751. The number of benzene rings is 2. The zero-order valence-corrected chi connectivity index (χ0v) is 14.4. The molecule has 3 nitrogen and oxygen atoms in total. The number of para-hydroxylation sites is 1. The molecule has 0 saturated carbocycles. The number of aryl methyl sites for hydroxylation is 1. The molecule has 3 rings (SSSR count). The maximum atomic E-state index is 12.4. The van der Waals surface area contributed by atoms with Crippen LogP contribution in [0.3, 0.4) is 0 Å². The average molecular weight is 359 g/mol. The van der Waals surface area contributed by atoms with Crippen molar-refractivity contribution in [1.82, 2.24) is 0 Å². The molecule has 0 aromatic heterocycles. The molecule has 0 unspecified atom stereocenters. The largest absolute Gasteiger partial charge is 0.359 e. The first-order chi connectivity index (χ1) is 10.5. The quantitative estimate of drug-likeness (QED) is 0.893. The molecule has 2 aromatic rings. The summed E-state index contributed by atoms with van der Waals surface area (Å²) in [5.41, 5.74) is 4.47. The predicted molar refractivity (Wildman–Crippen MR) is 94.5 cm³/mol. The minimum Gasteiger partial charge on any atom is -0.359 e. The van der Waals surface area contributed by atoms with E-state index in [0.29, 0.717) is 12.6 Å². The molecule has 0 aliphatic carbocycles. The van der Waals surface area contributed by atoms with E-state index in [4.69, 9.17) is 0 Å². The Bertz CT molecular complexity index is 714. The standard InChI is InChI=1S/C18H19BrN2O/c1-12-7-8-16(15(19)9-12)20-18(22)11-21-13(2)10-14-5-3-4-6-17(14)21/h3-9,13H,10-11H2,1-2H3,(H,20,22)/t13-/m1/s1. The summed E-state index contributed by atoms with van der Waals surface area (Å²) in [6, 6.07) is 14.6. The molecule has 114 valence electrons. The highest BCUT2D eigenvalue weighted by molar-refractivity contribution is 9.10. The minimum absolute atomic E-state index is 0.00751. The summed E-state index contributed by atoms with van der Waals surface area (Å²) in [5, 5.41) is 2.99. The summed E-state index contributed by atoms with van der Waals surface area (Å²) in [6.45, 7) is 4.56. The van der Waals surface area contributed by atoms with Crippen molar-refractivity contribution in [2.75, 3.05) is 16.8 Å². The van der Waals surface area contributed by atoms with Crippen LogP contribution < -0.4 is 10.2 Å². The number of halogens is 1. The van der Waals surface area contributed by atoms with E-state index in [2.05, 4.69) is 51.3 Å². The van der Waals surface area contributed by atoms with E-state index in [-0.39, 0.29) is 5.91 Å². The van der Waals surface area contributed by atoms with Gasteiger partial charge >= 0.3 is 0 Å². The highest BCUT2D eigenvalue weighted by Crippen LogP contribution is 2.31. The van der Waals surface area contributed by atoms with Crippen LogP contribution in [0.5, 0.6) is 0 Å². The molecular formula is C18H19BrN2O. The maximum absolute atomic E-state index is 12.4. The van der Waals surface area contributed by atoms with Gasteiger partial charge in [-0.25, -0.2) is 0 Å². The Morgan fingerprint density at radius 3 is 2.86 bits per heavy atom. The van der Waals surface area contributed by atoms with E-state index in [1.165, 1.54) is 11.3 Å². The summed E-state index contributed by atoms with van der Waals surface area (Å²) in [5.74, 6) is 0.00751. The summed E-state index contributed by atoms with van der Waals surface area (Å²) < 4.78 is 0.913. The van der Waals surface area contributed by atoms with E-state index >= 15 is 0 Å². The van der Waals surface area contributed by atoms with Crippen molar-refractivity contribution in [3.63, 3.8) is 0 Å². The van der Waals surface area contributed by atoms with Gasteiger partial charge in [0.25, 0.3) is 0 Å². The van der Waals surface area contributed by atoms with Crippen molar-refractivity contribution < 1.29 is 4.79 Å². The van der Waals surface area contributed by atoms with Crippen molar-refractivity contribution in [2.24, 2.45) is 0 Å². The van der Waals surface area contributed by atoms with Crippen LogP contribution in [0.1, 0.15) is 18.1 Å². The van der Waals surface area contributed by atoms with Gasteiger partial charge in [-0.05, 0) is 65.5 Å². The molecule has 0 saturated heterocycles. The zero-order valence-electron chi connectivity index (χ0n) is 12.8. The molecule has 2 aromatic carbocycles. The van der Waals surface area contributed by atoms with Gasteiger partial charge in [-0.3, -0.25) is 4.79 Å². The third-order valence-corrected chi connectivity index (χ3v) is 4.72. The van der Waals surface area contributed by atoms with Crippen molar-refractivity contribution in [3.8, 4) is 0 Å². The van der Waals surface area contributed by atoms with E-state index in [0.717, 1.165) is 22.1 Å². The highest BCUT2D eigenvalue weighted by Gasteiger charge is 2.27. The molecule has 0 fully saturated rings. The van der Waals surface area contributed by atoms with Gasteiger partial charge in [-0.1, -0.05) is 24.3 Å². The van der Waals surface area contributed by atoms with Gasteiger partial charge in [0.1, 0.15) is 0 Å². The number of anilines is 2. The summed E-state index contributed by atoms with van der Waals surface area (Å²) >= 11 is 3.50. The number of carbonyl (C=O) groups is 1. The summed E-state index contributed by atoms with van der Waals surface area (Å²) in [7, 11) is 0. The summed E-state index contributed by atoms with van der Waals surface area (Å²) in [6.07, 6.45) is 0.998. The van der Waals surface area contributed by atoms with Gasteiger partial charge in [0.15, 0.2) is 0 Å². The molecule has 0 spiro atoms. The molecule has 1 amide bonds. The average Bonchev–Trinajstić information content (AvgIpc) is 2.78. The molecule has 1 heterocycles. The molecular weight excluding hydrogens is 340 g/mol. The first kappa shape index (κ1) is 15.1. The zero-order chi connectivity index (χ0) is 15.7. The van der Waals surface area contributed by atoms with Crippen LogP contribution in [0, 0.1) is 6.92 Å². The number of nitrogens with one attached hydrogen (secondary N) is 1. The van der Waals surface area contributed by atoms with Crippen LogP contribution in [0.15, 0.2) is 46.9 Å². The van der Waals surface area contributed by atoms with E-state index < -0.39 is 0 Å². The Labute approximate surface area is 139 Å². The van der Waals surface area contributed by atoms with Crippen molar-refractivity contribution in [1.29, 1.82) is 0 Å². The smallest absolute Gasteiger partial charge is 0.243 e.